The summed E-state index contributed by atoms with van der Waals surface area (Å²) in [6.45, 7) is 4.24. The zero-order valence-electron chi connectivity index (χ0n) is 18.7. The molecule has 1 atom stereocenters. The molecule has 2 aliphatic rings. The molecule has 1 heterocycles. The predicted octanol–water partition coefficient (Wildman–Crippen LogP) is 5.49. The van der Waals surface area contributed by atoms with Crippen LogP contribution in [0.4, 0.5) is 13.2 Å². The summed E-state index contributed by atoms with van der Waals surface area (Å²) >= 11 is 0. The van der Waals surface area contributed by atoms with Crippen molar-refractivity contribution in [1.82, 2.24) is 4.90 Å². The highest BCUT2D eigenvalue weighted by atomic mass is 19.4. The number of halogens is 3. The summed E-state index contributed by atoms with van der Waals surface area (Å²) < 4.78 is 53.6. The Morgan fingerprint density at radius 1 is 1.18 bits per heavy atom. The predicted molar refractivity (Wildman–Crippen MR) is 118 cm³/mol. The van der Waals surface area contributed by atoms with Gasteiger partial charge in [-0.3, -0.25) is 9.69 Å². The Hall–Kier alpha value is -2.32. The minimum absolute atomic E-state index is 0.0636. The van der Waals surface area contributed by atoms with Gasteiger partial charge in [0.1, 0.15) is 11.3 Å². The first kappa shape index (κ1) is 23.8. The van der Waals surface area contributed by atoms with Gasteiger partial charge in [-0.15, -0.1) is 0 Å². The average Bonchev–Trinajstić information content (AvgIpc) is 2.74. The molecule has 2 fully saturated rings. The molecule has 5 nitrogen and oxygen atoms in total. The lowest BCUT2D eigenvalue weighted by molar-refractivity contribution is -0.142. The van der Waals surface area contributed by atoms with Gasteiger partial charge in [-0.1, -0.05) is 25.1 Å². The van der Waals surface area contributed by atoms with Crippen molar-refractivity contribution in [3.05, 3.63) is 41.5 Å². The number of nitrogens with zero attached hydrogens (tertiary/aromatic N) is 1. The maximum Gasteiger partial charge on any atom is 0.420 e. The number of hydrogen-bond acceptors (Lipinski definition) is 4. The van der Waals surface area contributed by atoms with Crippen LogP contribution < -0.4 is 4.74 Å². The third kappa shape index (κ3) is 5.98. The molecule has 1 aliphatic heterocycles. The van der Waals surface area contributed by atoms with Crippen LogP contribution in [0.3, 0.4) is 0 Å². The van der Waals surface area contributed by atoms with E-state index in [-0.39, 0.29) is 29.8 Å². The summed E-state index contributed by atoms with van der Waals surface area (Å²) in [7, 11) is 0. The van der Waals surface area contributed by atoms with Gasteiger partial charge in [-0.05, 0) is 60.1 Å². The monoisotopic (exact) mass is 465 g/mol. The highest BCUT2D eigenvalue weighted by Crippen LogP contribution is 2.42. The molecule has 2 aromatic rings. The average molecular weight is 466 g/mol. The van der Waals surface area contributed by atoms with Gasteiger partial charge >= 0.3 is 12.1 Å². The van der Waals surface area contributed by atoms with E-state index in [9.17, 15) is 18.0 Å². The Kier molecular flexibility index (Phi) is 7.14. The number of hydrogen-bond donors (Lipinski definition) is 1. The van der Waals surface area contributed by atoms with E-state index < -0.39 is 17.7 Å². The van der Waals surface area contributed by atoms with Gasteiger partial charge in [-0.2, -0.15) is 13.2 Å². The van der Waals surface area contributed by atoms with Crippen LogP contribution >= 0.6 is 0 Å². The van der Waals surface area contributed by atoms with Gasteiger partial charge in [0, 0.05) is 19.6 Å². The molecule has 0 amide bonds. The van der Waals surface area contributed by atoms with Gasteiger partial charge in [0.15, 0.2) is 0 Å². The molecular weight excluding hydrogens is 435 g/mol. The molecule has 180 valence electrons. The number of morpholine rings is 1. The maximum atomic E-state index is 14.1. The lowest BCUT2D eigenvalue weighted by Crippen LogP contribution is -2.42. The van der Waals surface area contributed by atoms with E-state index in [1.165, 1.54) is 12.1 Å². The van der Waals surface area contributed by atoms with Crippen LogP contribution in [-0.4, -0.2) is 47.9 Å². The Balaban J connectivity index is 1.55. The first-order chi connectivity index (χ1) is 15.7. The highest BCUT2D eigenvalue weighted by Gasteiger charge is 2.37. The van der Waals surface area contributed by atoms with Crippen molar-refractivity contribution in [3.63, 3.8) is 0 Å². The van der Waals surface area contributed by atoms with E-state index in [1.54, 1.807) is 18.2 Å². The third-order valence-corrected chi connectivity index (χ3v) is 6.62. The van der Waals surface area contributed by atoms with Crippen LogP contribution in [0.5, 0.6) is 5.75 Å². The minimum Gasteiger partial charge on any atom is -0.490 e. The number of fused-ring (bicyclic) bond motifs is 1. The molecule has 4 rings (SSSR count). The molecule has 33 heavy (non-hydrogen) atoms. The van der Waals surface area contributed by atoms with E-state index >= 15 is 0 Å². The summed E-state index contributed by atoms with van der Waals surface area (Å²) in [5, 5.41) is 9.64. The molecule has 8 heteroatoms. The standard InChI is InChI=1S/C25H30F3NO4/c1-16-2-6-19(7-3-16)33-22-9-5-18-12-17(4-8-21(18)24(22)25(26,27)28)14-29-10-11-32-20(15-29)13-23(30)31/h4-5,8-9,12,16,19-20H,2-3,6-7,10-11,13-15H2,1H3,(H,30,31). The summed E-state index contributed by atoms with van der Waals surface area (Å²) in [5.74, 6) is -0.409. The number of benzene rings is 2. The maximum absolute atomic E-state index is 14.1. The van der Waals surface area contributed by atoms with Crippen molar-refractivity contribution >= 4 is 16.7 Å². The van der Waals surface area contributed by atoms with Crippen LogP contribution in [0.15, 0.2) is 30.3 Å². The summed E-state index contributed by atoms with van der Waals surface area (Å²) in [6.07, 6.45) is -1.65. The van der Waals surface area contributed by atoms with Crippen molar-refractivity contribution in [2.24, 2.45) is 5.92 Å². The first-order valence-electron chi connectivity index (χ1n) is 11.5. The zero-order chi connectivity index (χ0) is 23.6. The molecule has 1 aliphatic carbocycles. The van der Waals surface area contributed by atoms with Crippen molar-refractivity contribution in [3.8, 4) is 5.75 Å². The van der Waals surface area contributed by atoms with Gasteiger partial charge in [-0.25, -0.2) is 0 Å². The largest absolute Gasteiger partial charge is 0.490 e. The molecule has 1 saturated heterocycles. The van der Waals surface area contributed by atoms with Gasteiger partial charge in [0.2, 0.25) is 0 Å². The Labute approximate surface area is 191 Å². The molecule has 0 bridgehead atoms. The lowest BCUT2D eigenvalue weighted by Gasteiger charge is -2.32. The van der Waals surface area contributed by atoms with E-state index in [2.05, 4.69) is 11.8 Å². The molecular formula is C25H30F3NO4. The van der Waals surface area contributed by atoms with E-state index in [1.807, 2.05) is 0 Å². The number of rotatable bonds is 6. The number of carboxylic acid groups (broad SMARTS) is 1. The van der Waals surface area contributed by atoms with Crippen LogP contribution in [0.2, 0.25) is 0 Å². The zero-order valence-corrected chi connectivity index (χ0v) is 18.7. The van der Waals surface area contributed by atoms with Crippen molar-refractivity contribution in [2.75, 3.05) is 19.7 Å². The molecule has 0 radical (unpaired) electrons. The molecule has 1 N–H and O–H groups in total. The SMILES string of the molecule is CC1CCC(Oc2ccc3cc(CN4CCOC(CC(=O)O)C4)ccc3c2C(F)(F)F)CC1. The number of carbonyl (C=O) groups is 1. The Morgan fingerprint density at radius 3 is 2.64 bits per heavy atom. The highest BCUT2D eigenvalue weighted by molar-refractivity contribution is 5.89. The van der Waals surface area contributed by atoms with Gasteiger partial charge in [0.25, 0.3) is 0 Å². The molecule has 0 aromatic heterocycles. The fourth-order valence-electron chi connectivity index (χ4n) is 4.88. The van der Waals surface area contributed by atoms with E-state index in [0.29, 0.717) is 37.5 Å². The van der Waals surface area contributed by atoms with Crippen LogP contribution in [0.25, 0.3) is 10.8 Å². The van der Waals surface area contributed by atoms with Crippen molar-refractivity contribution in [2.45, 2.75) is 64.0 Å². The normalized spacial score (nSPS) is 24.7. The second-order valence-corrected chi connectivity index (χ2v) is 9.32. The molecule has 1 saturated carbocycles. The second-order valence-electron chi connectivity index (χ2n) is 9.32. The van der Waals surface area contributed by atoms with Crippen LogP contribution in [-0.2, 0) is 22.3 Å². The smallest absolute Gasteiger partial charge is 0.420 e. The minimum atomic E-state index is -4.52. The third-order valence-electron chi connectivity index (χ3n) is 6.62. The van der Waals surface area contributed by atoms with Gasteiger partial charge < -0.3 is 14.6 Å². The topological polar surface area (TPSA) is 59.0 Å². The van der Waals surface area contributed by atoms with Crippen LogP contribution in [0.1, 0.15) is 50.2 Å². The molecule has 2 aromatic carbocycles. The summed E-state index contributed by atoms with van der Waals surface area (Å²) in [6, 6.07) is 8.16. The van der Waals surface area contributed by atoms with Crippen molar-refractivity contribution in [1.29, 1.82) is 0 Å². The Bertz CT molecular complexity index is 986. The summed E-state index contributed by atoms with van der Waals surface area (Å²) in [5.41, 5.74) is 0.166. The number of ether oxygens (including phenoxy) is 2. The van der Waals surface area contributed by atoms with Crippen LogP contribution in [0, 0.1) is 5.92 Å². The number of aliphatic carboxylic acids is 1. The Morgan fingerprint density at radius 2 is 1.94 bits per heavy atom. The second kappa shape index (κ2) is 9.89. The lowest BCUT2D eigenvalue weighted by atomic mass is 9.89. The summed E-state index contributed by atoms with van der Waals surface area (Å²) in [4.78, 5) is 13.0. The van der Waals surface area contributed by atoms with E-state index in [4.69, 9.17) is 14.6 Å². The fraction of sp³-hybridized carbons (Fsp3) is 0.560. The van der Waals surface area contributed by atoms with E-state index in [0.717, 1.165) is 31.2 Å². The number of carboxylic acids is 1. The molecule has 0 spiro atoms. The van der Waals surface area contributed by atoms with Crippen molar-refractivity contribution < 1.29 is 32.5 Å². The van der Waals surface area contributed by atoms with Gasteiger partial charge in [0.05, 0.1) is 25.2 Å². The first-order valence-corrected chi connectivity index (χ1v) is 11.5. The number of alkyl halides is 3. The molecule has 1 unspecified atom stereocenters. The fourth-order valence-corrected chi connectivity index (χ4v) is 4.88. The quantitative estimate of drug-likeness (QED) is 0.611.